The second-order valence-electron chi connectivity index (χ2n) is 4.81. The number of sulfonamides is 1. The average Bonchev–Trinajstić information content (AvgIpc) is 2.84. The molecule has 0 spiro atoms. The molecule has 0 aliphatic carbocycles. The first-order chi connectivity index (χ1) is 8.89. The molecule has 1 aromatic rings. The molecule has 2 rings (SSSR count). The molecule has 106 valence electrons. The van der Waals surface area contributed by atoms with Gasteiger partial charge in [0.1, 0.15) is 0 Å². The van der Waals surface area contributed by atoms with E-state index in [9.17, 15) is 13.2 Å². The third-order valence-corrected chi connectivity index (χ3v) is 3.93. The topological polar surface area (TPSA) is 106 Å². The van der Waals surface area contributed by atoms with E-state index in [1.807, 2.05) is 6.92 Å². The molecule has 1 fully saturated rings. The molecule has 1 aliphatic heterocycles. The highest BCUT2D eigenvalue weighted by Gasteiger charge is 2.34. The van der Waals surface area contributed by atoms with Gasteiger partial charge in [-0.1, -0.05) is 18.5 Å². The van der Waals surface area contributed by atoms with Crippen LogP contribution < -0.4 is 10.0 Å². The summed E-state index contributed by atoms with van der Waals surface area (Å²) in [6.07, 6.45) is 1.89. The monoisotopic (exact) mass is 287 g/mol. The summed E-state index contributed by atoms with van der Waals surface area (Å²) in [5.74, 6) is -0.258. The minimum absolute atomic E-state index is 0.159. The predicted octanol–water partition coefficient (Wildman–Crippen LogP) is 0.268. The van der Waals surface area contributed by atoms with Crippen LogP contribution in [0.3, 0.4) is 0 Å². The van der Waals surface area contributed by atoms with Crippen molar-refractivity contribution in [1.29, 1.82) is 0 Å². The molecular weight excluding hydrogens is 270 g/mol. The third kappa shape index (κ3) is 3.54. The molecule has 2 heterocycles. The molecule has 1 aliphatic rings. The van der Waals surface area contributed by atoms with E-state index in [1.54, 1.807) is 6.07 Å². The molecule has 0 bridgehead atoms. The van der Waals surface area contributed by atoms with Crippen molar-refractivity contribution in [3.63, 3.8) is 0 Å². The summed E-state index contributed by atoms with van der Waals surface area (Å²) < 4.78 is 27.2. The molecule has 1 unspecified atom stereocenters. The van der Waals surface area contributed by atoms with Crippen LogP contribution in [0.15, 0.2) is 10.6 Å². The standard InChI is InChI=1S/C11H17N3O4S/c1-2-3-9-5-11(18-13-9)14-6-8(4-10(14)15)7-19(12,16)17/h5,8H,2-4,6-7H2,1H3,(H2,12,16,17). The summed E-state index contributed by atoms with van der Waals surface area (Å²) in [6.45, 7) is 2.33. The molecular formula is C11H17N3O4S. The second-order valence-corrected chi connectivity index (χ2v) is 6.47. The number of hydrogen-bond acceptors (Lipinski definition) is 5. The van der Waals surface area contributed by atoms with Gasteiger partial charge < -0.3 is 4.52 Å². The zero-order valence-electron chi connectivity index (χ0n) is 10.7. The number of rotatable bonds is 5. The smallest absolute Gasteiger partial charge is 0.234 e. The Morgan fingerprint density at radius 3 is 2.95 bits per heavy atom. The summed E-state index contributed by atoms with van der Waals surface area (Å²) >= 11 is 0. The minimum atomic E-state index is -3.57. The average molecular weight is 287 g/mol. The normalized spacial score (nSPS) is 20.2. The number of nitrogens with two attached hydrogens (primary N) is 1. The van der Waals surface area contributed by atoms with Crippen molar-refractivity contribution in [3.05, 3.63) is 11.8 Å². The van der Waals surface area contributed by atoms with Gasteiger partial charge in [-0.25, -0.2) is 13.6 Å². The van der Waals surface area contributed by atoms with Gasteiger partial charge in [0.25, 0.3) is 0 Å². The number of hydrogen-bond donors (Lipinski definition) is 1. The first-order valence-corrected chi connectivity index (χ1v) is 7.87. The van der Waals surface area contributed by atoms with Crippen LogP contribution in [-0.4, -0.2) is 31.8 Å². The first-order valence-electron chi connectivity index (χ1n) is 6.15. The van der Waals surface area contributed by atoms with E-state index in [0.717, 1.165) is 18.5 Å². The molecule has 0 saturated carbocycles. The van der Waals surface area contributed by atoms with E-state index in [-0.39, 0.29) is 24.0 Å². The van der Waals surface area contributed by atoms with Crippen molar-refractivity contribution in [3.8, 4) is 0 Å². The number of aromatic nitrogens is 1. The van der Waals surface area contributed by atoms with Gasteiger partial charge in [-0.05, 0) is 6.42 Å². The van der Waals surface area contributed by atoms with Gasteiger partial charge in [-0.15, -0.1) is 0 Å². The maximum atomic E-state index is 11.8. The lowest BCUT2D eigenvalue weighted by atomic mass is 10.1. The number of carbonyl (C=O) groups excluding carboxylic acids is 1. The van der Waals surface area contributed by atoms with Gasteiger partial charge in [0.15, 0.2) is 0 Å². The molecule has 19 heavy (non-hydrogen) atoms. The van der Waals surface area contributed by atoms with Crippen molar-refractivity contribution in [2.24, 2.45) is 11.1 Å². The van der Waals surface area contributed by atoms with Gasteiger partial charge in [-0.3, -0.25) is 9.69 Å². The maximum Gasteiger partial charge on any atom is 0.234 e. The molecule has 2 N–H and O–H groups in total. The Balaban J connectivity index is 2.06. The highest BCUT2D eigenvalue weighted by Crippen LogP contribution is 2.26. The fourth-order valence-electron chi connectivity index (χ4n) is 2.24. The molecule has 0 radical (unpaired) electrons. The maximum absolute atomic E-state index is 11.8. The van der Waals surface area contributed by atoms with Crippen LogP contribution in [0.25, 0.3) is 0 Å². The number of primary sulfonamides is 1. The summed E-state index contributed by atoms with van der Waals surface area (Å²) in [6, 6.07) is 1.72. The quantitative estimate of drug-likeness (QED) is 0.836. The lowest BCUT2D eigenvalue weighted by Gasteiger charge is -2.11. The van der Waals surface area contributed by atoms with Gasteiger partial charge in [0.05, 0.1) is 11.4 Å². The summed E-state index contributed by atoms with van der Waals surface area (Å²) in [5.41, 5.74) is 0.792. The zero-order chi connectivity index (χ0) is 14.0. The Kier molecular flexibility index (Phi) is 3.91. The van der Waals surface area contributed by atoms with Gasteiger partial charge in [0.2, 0.25) is 21.8 Å². The van der Waals surface area contributed by atoms with Crippen LogP contribution in [0, 0.1) is 5.92 Å². The number of anilines is 1. The molecule has 1 amide bonds. The fraction of sp³-hybridized carbons (Fsp3) is 0.636. The molecule has 7 nitrogen and oxygen atoms in total. The van der Waals surface area contributed by atoms with Crippen molar-refractivity contribution < 1.29 is 17.7 Å². The van der Waals surface area contributed by atoms with Crippen LogP contribution in [0.5, 0.6) is 0 Å². The highest BCUT2D eigenvalue weighted by atomic mass is 32.2. The van der Waals surface area contributed by atoms with Crippen LogP contribution >= 0.6 is 0 Å². The summed E-state index contributed by atoms with van der Waals surface area (Å²) in [5, 5.41) is 8.87. The number of nitrogens with zero attached hydrogens (tertiary/aromatic N) is 2. The molecule has 1 aromatic heterocycles. The Morgan fingerprint density at radius 1 is 1.58 bits per heavy atom. The first kappa shape index (κ1) is 14.0. The van der Waals surface area contributed by atoms with Crippen LogP contribution in [0.4, 0.5) is 5.88 Å². The van der Waals surface area contributed by atoms with E-state index in [4.69, 9.17) is 9.66 Å². The van der Waals surface area contributed by atoms with Crippen molar-refractivity contribution in [2.75, 3.05) is 17.2 Å². The Hall–Kier alpha value is -1.41. The minimum Gasteiger partial charge on any atom is -0.338 e. The van der Waals surface area contributed by atoms with E-state index < -0.39 is 10.0 Å². The number of amides is 1. The molecule has 8 heteroatoms. The van der Waals surface area contributed by atoms with Crippen LogP contribution in [0.2, 0.25) is 0 Å². The van der Waals surface area contributed by atoms with Crippen molar-refractivity contribution >= 4 is 21.8 Å². The Bertz CT molecular complexity index is 566. The third-order valence-electron chi connectivity index (χ3n) is 2.99. The van der Waals surface area contributed by atoms with Crippen molar-refractivity contribution in [1.82, 2.24) is 5.16 Å². The molecule has 1 atom stereocenters. The van der Waals surface area contributed by atoms with E-state index in [2.05, 4.69) is 5.16 Å². The number of aryl methyl sites for hydroxylation is 1. The van der Waals surface area contributed by atoms with E-state index >= 15 is 0 Å². The summed E-state index contributed by atoms with van der Waals surface area (Å²) in [7, 11) is -3.57. The second kappa shape index (κ2) is 5.30. The molecule has 1 saturated heterocycles. The predicted molar refractivity (Wildman–Crippen MR) is 68.9 cm³/mol. The Labute approximate surface area is 111 Å². The van der Waals surface area contributed by atoms with Crippen LogP contribution in [-0.2, 0) is 21.2 Å². The zero-order valence-corrected chi connectivity index (χ0v) is 11.5. The van der Waals surface area contributed by atoms with E-state index in [1.165, 1.54) is 4.90 Å². The van der Waals surface area contributed by atoms with Gasteiger partial charge in [0, 0.05) is 24.9 Å². The lowest BCUT2D eigenvalue weighted by Crippen LogP contribution is -2.27. The van der Waals surface area contributed by atoms with E-state index in [0.29, 0.717) is 12.4 Å². The summed E-state index contributed by atoms with van der Waals surface area (Å²) in [4.78, 5) is 13.3. The SMILES string of the molecule is CCCc1cc(N2CC(CS(N)(=O)=O)CC2=O)on1. The van der Waals surface area contributed by atoms with Crippen molar-refractivity contribution in [2.45, 2.75) is 26.2 Å². The molecule has 0 aromatic carbocycles. The largest absolute Gasteiger partial charge is 0.338 e. The lowest BCUT2D eigenvalue weighted by molar-refractivity contribution is -0.117. The Morgan fingerprint density at radius 2 is 2.32 bits per heavy atom. The fourth-order valence-corrected chi connectivity index (χ4v) is 3.12. The highest BCUT2D eigenvalue weighted by molar-refractivity contribution is 7.89. The van der Waals surface area contributed by atoms with Gasteiger partial charge >= 0.3 is 0 Å². The van der Waals surface area contributed by atoms with Crippen LogP contribution in [0.1, 0.15) is 25.5 Å². The number of carbonyl (C=O) groups is 1. The van der Waals surface area contributed by atoms with Gasteiger partial charge in [-0.2, -0.15) is 0 Å².